The van der Waals surface area contributed by atoms with E-state index in [1.165, 1.54) is 48.5 Å². The zero-order valence-corrected chi connectivity index (χ0v) is 22.0. The molecule has 2 amide bonds. The minimum atomic E-state index is -4.29. The van der Waals surface area contributed by atoms with E-state index in [2.05, 4.69) is 19.4 Å². The van der Waals surface area contributed by atoms with Crippen molar-refractivity contribution in [3.05, 3.63) is 84.2 Å². The van der Waals surface area contributed by atoms with Crippen LogP contribution in [0.2, 0.25) is 0 Å². The summed E-state index contributed by atoms with van der Waals surface area (Å²) in [6.45, 7) is 3.13. The Morgan fingerprint density at radius 2 is 1.00 bits per heavy atom. The summed E-state index contributed by atoms with van der Waals surface area (Å²) < 4.78 is 69.2. The molecule has 14 heteroatoms. The molecule has 1 aliphatic carbocycles. The summed E-state index contributed by atoms with van der Waals surface area (Å²) in [6.07, 6.45) is 0.199. The first-order valence-corrected chi connectivity index (χ1v) is 14.1. The van der Waals surface area contributed by atoms with Crippen LogP contribution in [-0.2, 0) is 29.5 Å². The number of carbonyl (C=O) groups excluding carboxylic acids is 2. The maximum Gasteiger partial charge on any atom is 0.411 e. The van der Waals surface area contributed by atoms with Crippen LogP contribution in [0.25, 0.3) is 0 Å². The Labute approximate surface area is 219 Å². The number of ether oxygens (including phenoxy) is 2. The maximum absolute atomic E-state index is 13.0. The number of amides is 2. The maximum atomic E-state index is 13.0. The zero-order chi connectivity index (χ0) is 27.8. The summed E-state index contributed by atoms with van der Waals surface area (Å²) in [5.74, 6) is 0. The van der Waals surface area contributed by atoms with Gasteiger partial charge in [-0.15, -0.1) is 0 Å². The number of hydrogen-bond acceptors (Lipinski definition) is 8. The number of hydrogen-bond donors (Lipinski definition) is 2. The Morgan fingerprint density at radius 3 is 1.32 bits per heavy atom. The second kappa shape index (κ2) is 12.3. The zero-order valence-electron chi connectivity index (χ0n) is 20.3. The average Bonchev–Trinajstić information content (AvgIpc) is 2.87. The molecule has 38 heavy (non-hydrogen) atoms. The van der Waals surface area contributed by atoms with Gasteiger partial charge in [-0.05, 0) is 50.3 Å². The average molecular weight is 561 g/mol. The summed E-state index contributed by atoms with van der Waals surface area (Å²) in [6, 6.07) is 14.6. The molecule has 0 bridgehead atoms. The highest BCUT2D eigenvalue weighted by atomic mass is 32.2. The van der Waals surface area contributed by atoms with E-state index in [-0.39, 0.29) is 45.8 Å². The van der Waals surface area contributed by atoms with Gasteiger partial charge in [-0.25, -0.2) is 9.59 Å². The normalized spacial score (nSPS) is 15.8. The second-order valence-corrected chi connectivity index (χ2v) is 10.5. The van der Waals surface area contributed by atoms with E-state index >= 15 is 0 Å². The van der Waals surface area contributed by atoms with Crippen molar-refractivity contribution in [3.63, 3.8) is 0 Å². The number of carbonyl (C=O) groups is 2. The SMILES string of the molecule is CCOC(=O)NC1=CC(=NS(=O)(=O)c2ccccc2)C(NC(=O)OCC)=CC1=NS(=O)(=O)c1ccccc1. The van der Waals surface area contributed by atoms with Gasteiger partial charge >= 0.3 is 12.2 Å². The first-order valence-electron chi connectivity index (χ1n) is 11.2. The van der Waals surface area contributed by atoms with Crippen LogP contribution >= 0.6 is 0 Å². The predicted molar refractivity (Wildman–Crippen MR) is 139 cm³/mol. The molecular weight excluding hydrogens is 536 g/mol. The van der Waals surface area contributed by atoms with Crippen LogP contribution in [0, 0.1) is 0 Å². The van der Waals surface area contributed by atoms with Gasteiger partial charge in [0.05, 0.1) is 34.4 Å². The minimum Gasteiger partial charge on any atom is -0.450 e. The number of alkyl carbamates (subject to hydrolysis) is 2. The molecule has 0 aliphatic heterocycles. The van der Waals surface area contributed by atoms with E-state index in [0.29, 0.717) is 0 Å². The Morgan fingerprint density at radius 1 is 0.658 bits per heavy atom. The Kier molecular flexibility index (Phi) is 9.15. The molecule has 0 aromatic heterocycles. The summed E-state index contributed by atoms with van der Waals surface area (Å²) >= 11 is 0. The molecule has 2 N–H and O–H groups in total. The van der Waals surface area contributed by atoms with Crippen LogP contribution in [0.4, 0.5) is 9.59 Å². The van der Waals surface area contributed by atoms with Crippen LogP contribution < -0.4 is 10.6 Å². The van der Waals surface area contributed by atoms with Gasteiger partial charge in [0.2, 0.25) is 0 Å². The summed E-state index contributed by atoms with van der Waals surface area (Å²) in [5, 5.41) is 4.68. The predicted octanol–water partition coefficient (Wildman–Crippen LogP) is 2.92. The van der Waals surface area contributed by atoms with E-state index in [0.717, 1.165) is 12.2 Å². The third-order valence-electron chi connectivity index (χ3n) is 4.66. The van der Waals surface area contributed by atoms with E-state index in [1.54, 1.807) is 26.0 Å². The van der Waals surface area contributed by atoms with Crippen LogP contribution in [0.5, 0.6) is 0 Å². The van der Waals surface area contributed by atoms with Crippen LogP contribution in [0.3, 0.4) is 0 Å². The molecule has 0 fully saturated rings. The monoisotopic (exact) mass is 560 g/mol. The third-order valence-corrected chi connectivity index (χ3v) is 7.27. The van der Waals surface area contributed by atoms with Crippen molar-refractivity contribution in [2.75, 3.05) is 13.2 Å². The molecular formula is C24H24N4O8S2. The van der Waals surface area contributed by atoms with Crippen molar-refractivity contribution in [3.8, 4) is 0 Å². The molecule has 0 spiro atoms. The van der Waals surface area contributed by atoms with Crippen molar-refractivity contribution in [1.82, 2.24) is 10.6 Å². The van der Waals surface area contributed by atoms with Gasteiger partial charge in [0.25, 0.3) is 20.0 Å². The number of allylic oxidation sites excluding steroid dienone is 2. The van der Waals surface area contributed by atoms with E-state index in [4.69, 9.17) is 9.47 Å². The van der Waals surface area contributed by atoms with Gasteiger partial charge in [0.1, 0.15) is 11.4 Å². The van der Waals surface area contributed by atoms with Crippen molar-refractivity contribution in [1.29, 1.82) is 0 Å². The second-order valence-electron chi connectivity index (χ2n) is 7.34. The Balaban J connectivity index is 2.20. The molecule has 0 saturated carbocycles. The molecule has 2 aromatic carbocycles. The van der Waals surface area contributed by atoms with Crippen molar-refractivity contribution in [2.24, 2.45) is 8.80 Å². The van der Waals surface area contributed by atoms with E-state index in [9.17, 15) is 26.4 Å². The highest BCUT2D eigenvalue weighted by Gasteiger charge is 2.26. The van der Waals surface area contributed by atoms with Gasteiger partial charge in [-0.1, -0.05) is 36.4 Å². The largest absolute Gasteiger partial charge is 0.450 e. The number of rotatable bonds is 8. The van der Waals surface area contributed by atoms with Gasteiger partial charge in [-0.3, -0.25) is 10.6 Å². The molecule has 3 rings (SSSR count). The highest BCUT2D eigenvalue weighted by molar-refractivity contribution is 7.90. The first-order chi connectivity index (χ1) is 18.1. The molecule has 0 saturated heterocycles. The number of benzene rings is 2. The summed E-state index contributed by atoms with van der Waals surface area (Å²) in [4.78, 5) is 24.1. The van der Waals surface area contributed by atoms with Crippen molar-refractivity contribution >= 4 is 43.7 Å². The lowest BCUT2D eigenvalue weighted by molar-refractivity contribution is 0.154. The molecule has 0 heterocycles. The number of nitrogens with zero attached hydrogens (tertiary/aromatic N) is 2. The highest BCUT2D eigenvalue weighted by Crippen LogP contribution is 2.20. The lowest BCUT2D eigenvalue weighted by atomic mass is 10.1. The lowest BCUT2D eigenvalue weighted by Crippen LogP contribution is -2.35. The Hall–Kier alpha value is -4.30. The van der Waals surface area contributed by atoms with Crippen molar-refractivity contribution < 1.29 is 35.9 Å². The summed E-state index contributed by atoms with van der Waals surface area (Å²) in [5.41, 5.74) is -1.13. The fourth-order valence-corrected chi connectivity index (χ4v) is 5.06. The molecule has 2 aromatic rings. The van der Waals surface area contributed by atoms with E-state index < -0.39 is 32.2 Å². The standard InChI is InChI=1S/C24H24N4O8S2/c1-3-35-23(29)25-19-15-22(28-38(33,34)18-13-9-6-10-14-18)20(26-24(30)36-4-2)16-21(19)27-37(31,32)17-11-7-5-8-12-17/h5-16H,3-4H2,1-2H3,(H,25,29)(H,26,30). The van der Waals surface area contributed by atoms with Gasteiger partial charge < -0.3 is 9.47 Å². The van der Waals surface area contributed by atoms with Gasteiger partial charge in [-0.2, -0.15) is 25.6 Å². The van der Waals surface area contributed by atoms with Crippen LogP contribution in [0.15, 0.2) is 103 Å². The Bertz CT molecular complexity index is 1410. The molecule has 0 atom stereocenters. The fourth-order valence-electron chi connectivity index (χ4n) is 3.03. The van der Waals surface area contributed by atoms with Gasteiger partial charge in [0, 0.05) is 0 Å². The first kappa shape index (κ1) is 28.3. The minimum absolute atomic E-state index is 0.00272. The van der Waals surface area contributed by atoms with Crippen LogP contribution in [0.1, 0.15) is 13.8 Å². The van der Waals surface area contributed by atoms with Crippen LogP contribution in [-0.4, -0.2) is 53.7 Å². The molecule has 0 radical (unpaired) electrons. The molecule has 200 valence electrons. The molecule has 0 unspecified atom stereocenters. The fraction of sp³-hybridized carbons (Fsp3) is 0.167. The quantitative estimate of drug-likeness (QED) is 0.464. The molecule has 1 aliphatic rings. The van der Waals surface area contributed by atoms with Gasteiger partial charge in [0.15, 0.2) is 0 Å². The number of nitrogens with one attached hydrogen (secondary N) is 2. The summed E-state index contributed by atoms with van der Waals surface area (Å²) in [7, 11) is -8.58. The molecule has 12 nitrogen and oxygen atoms in total. The smallest absolute Gasteiger partial charge is 0.411 e. The van der Waals surface area contributed by atoms with E-state index in [1.807, 2.05) is 0 Å². The van der Waals surface area contributed by atoms with Crippen molar-refractivity contribution in [2.45, 2.75) is 23.6 Å². The topological polar surface area (TPSA) is 170 Å². The third kappa shape index (κ3) is 7.36. The lowest BCUT2D eigenvalue weighted by Gasteiger charge is -2.19. The number of sulfonamides is 2.